The van der Waals surface area contributed by atoms with Crippen LogP contribution in [0.1, 0.15) is 116 Å². The minimum absolute atomic E-state index is 0. The quantitative estimate of drug-likeness (QED) is 0.213. The maximum Gasteiger partial charge on any atom is 0.0429 e. The molecule has 0 atom stereocenters. The topological polar surface area (TPSA) is 3.24 Å². The van der Waals surface area contributed by atoms with Crippen LogP contribution in [0.15, 0.2) is 43.1 Å². The Kier molecular flexibility index (Phi) is 17.3. The van der Waals surface area contributed by atoms with Crippen molar-refractivity contribution in [1.82, 2.24) is 4.90 Å². The predicted octanol–water partition coefficient (Wildman–Crippen LogP) is 9.31. The van der Waals surface area contributed by atoms with E-state index in [-0.39, 0.29) is 17.9 Å². The summed E-state index contributed by atoms with van der Waals surface area (Å²) in [6.07, 6.45) is 21.7. The number of nitrogens with zero attached hydrogens (tertiary/aromatic N) is 1. The molecule has 2 heteroatoms. The van der Waals surface area contributed by atoms with Gasteiger partial charge in [-0.05, 0) is 32.0 Å². The molecule has 0 saturated carbocycles. The first-order valence-corrected chi connectivity index (χ1v) is 12.0. The van der Waals surface area contributed by atoms with Crippen molar-refractivity contribution in [2.24, 2.45) is 0 Å². The molecule has 168 valence electrons. The molecule has 1 rings (SSSR count). The number of benzene rings is 1. The summed E-state index contributed by atoms with van der Waals surface area (Å²) in [6, 6.07) is 10.7. The second-order valence-corrected chi connectivity index (χ2v) is 9.10. The lowest BCUT2D eigenvalue weighted by Gasteiger charge is -2.38. The zero-order valence-electron chi connectivity index (χ0n) is 19.6. The van der Waals surface area contributed by atoms with Crippen LogP contribution in [0.2, 0.25) is 0 Å². The Morgan fingerprint density at radius 3 is 1.66 bits per heavy atom. The van der Waals surface area contributed by atoms with Gasteiger partial charge in [0.15, 0.2) is 0 Å². The molecule has 0 aliphatic rings. The highest BCUT2D eigenvalue weighted by molar-refractivity contribution is 5.85. The highest BCUT2D eigenvalue weighted by Crippen LogP contribution is 2.25. The lowest BCUT2D eigenvalue weighted by molar-refractivity contribution is 0.160. The van der Waals surface area contributed by atoms with E-state index in [4.69, 9.17) is 0 Å². The lowest BCUT2D eigenvalue weighted by atomic mass is 9.93. The number of unbranched alkanes of at least 4 members (excludes halogenated alkanes) is 12. The summed E-state index contributed by atoms with van der Waals surface area (Å²) in [5.74, 6) is 0. The van der Waals surface area contributed by atoms with Crippen LogP contribution in [0.3, 0.4) is 0 Å². The van der Waals surface area contributed by atoms with Gasteiger partial charge in [0, 0.05) is 12.1 Å². The lowest BCUT2D eigenvalue weighted by Crippen LogP contribution is -2.39. The van der Waals surface area contributed by atoms with Gasteiger partial charge in [0.25, 0.3) is 0 Å². The number of hydrogen-bond donors (Lipinski definition) is 0. The van der Waals surface area contributed by atoms with Crippen LogP contribution in [-0.2, 0) is 6.54 Å². The first kappa shape index (κ1) is 28.1. The van der Waals surface area contributed by atoms with Gasteiger partial charge in [-0.25, -0.2) is 0 Å². The predicted molar refractivity (Wildman–Crippen MR) is 134 cm³/mol. The van der Waals surface area contributed by atoms with Crippen molar-refractivity contribution in [3.05, 3.63) is 48.7 Å². The average molecular weight is 422 g/mol. The molecule has 0 saturated heterocycles. The third-order valence-corrected chi connectivity index (χ3v) is 6.09. The molecule has 1 aromatic carbocycles. The van der Waals surface area contributed by atoms with E-state index in [1.165, 1.54) is 95.5 Å². The van der Waals surface area contributed by atoms with E-state index in [1.54, 1.807) is 0 Å². The molecular weight excluding hydrogens is 374 g/mol. The molecule has 29 heavy (non-hydrogen) atoms. The summed E-state index contributed by atoms with van der Waals surface area (Å²) >= 11 is 0. The first-order valence-electron chi connectivity index (χ1n) is 12.0. The Hall–Kier alpha value is -0.950. The van der Waals surface area contributed by atoms with Gasteiger partial charge in [-0.15, -0.1) is 12.4 Å². The maximum atomic E-state index is 4.06. The molecule has 0 heterocycles. The largest absolute Gasteiger partial charge is 0.369 e. The van der Waals surface area contributed by atoms with E-state index in [9.17, 15) is 0 Å². The molecule has 1 nitrogen and oxygen atoms in total. The molecule has 0 unspecified atom stereocenters. The SMILES string of the molecule is C=CN(Cc1ccccc1)C(C)(C)CCCCCCCCCCCCCCC.Cl. The van der Waals surface area contributed by atoms with Gasteiger partial charge in [0.2, 0.25) is 0 Å². The van der Waals surface area contributed by atoms with Crippen molar-refractivity contribution in [1.29, 1.82) is 0 Å². The molecule has 0 amide bonds. The zero-order valence-corrected chi connectivity index (χ0v) is 20.4. The zero-order chi connectivity index (χ0) is 20.5. The fourth-order valence-corrected chi connectivity index (χ4v) is 4.02. The Morgan fingerprint density at radius 1 is 0.759 bits per heavy atom. The van der Waals surface area contributed by atoms with Gasteiger partial charge in [0.05, 0.1) is 0 Å². The highest BCUT2D eigenvalue weighted by atomic mass is 35.5. The van der Waals surface area contributed by atoms with Crippen molar-refractivity contribution >= 4 is 12.4 Å². The van der Waals surface area contributed by atoms with Crippen LogP contribution in [0.4, 0.5) is 0 Å². The van der Waals surface area contributed by atoms with Crippen molar-refractivity contribution < 1.29 is 0 Å². The minimum Gasteiger partial charge on any atom is -0.369 e. The standard InChI is InChI=1S/C27H47N.ClH/c1-5-7-8-9-10-11-12-13-14-15-16-17-21-24-27(3,4)28(6-2)25-26-22-19-18-20-23-26;/h6,18-20,22-23H,2,5,7-17,21,24-25H2,1,3-4H3;1H. The van der Waals surface area contributed by atoms with E-state index in [0.717, 1.165) is 6.54 Å². The molecule has 1 aromatic rings. The molecule has 0 aliphatic heterocycles. The molecule has 0 bridgehead atoms. The van der Waals surface area contributed by atoms with Crippen molar-refractivity contribution in [2.45, 2.75) is 123 Å². The maximum absolute atomic E-state index is 4.06. The fourth-order valence-electron chi connectivity index (χ4n) is 4.02. The van der Waals surface area contributed by atoms with Crippen LogP contribution in [0, 0.1) is 0 Å². The van der Waals surface area contributed by atoms with Crippen LogP contribution < -0.4 is 0 Å². The fraction of sp³-hybridized carbons (Fsp3) is 0.704. The number of hydrogen-bond acceptors (Lipinski definition) is 1. The van der Waals surface area contributed by atoms with Gasteiger partial charge in [0.1, 0.15) is 0 Å². The smallest absolute Gasteiger partial charge is 0.0429 e. The van der Waals surface area contributed by atoms with E-state index in [2.05, 4.69) is 62.6 Å². The van der Waals surface area contributed by atoms with Crippen LogP contribution in [0.5, 0.6) is 0 Å². The summed E-state index contributed by atoms with van der Waals surface area (Å²) in [7, 11) is 0. The summed E-state index contributed by atoms with van der Waals surface area (Å²) < 4.78 is 0. The highest BCUT2D eigenvalue weighted by Gasteiger charge is 2.23. The first-order chi connectivity index (χ1) is 13.6. The van der Waals surface area contributed by atoms with E-state index in [1.807, 2.05) is 6.20 Å². The Balaban J connectivity index is 0.00000784. The molecule has 0 radical (unpaired) electrons. The second kappa shape index (κ2) is 17.9. The monoisotopic (exact) mass is 421 g/mol. The molecule has 0 spiro atoms. The third kappa shape index (κ3) is 13.8. The minimum atomic E-state index is 0. The van der Waals surface area contributed by atoms with E-state index in [0.29, 0.717) is 0 Å². The normalized spacial score (nSPS) is 11.1. The van der Waals surface area contributed by atoms with Gasteiger partial charge < -0.3 is 4.90 Å². The molecule has 0 aliphatic carbocycles. The van der Waals surface area contributed by atoms with Crippen molar-refractivity contribution in [3.8, 4) is 0 Å². The van der Waals surface area contributed by atoms with Crippen LogP contribution >= 0.6 is 12.4 Å². The van der Waals surface area contributed by atoms with E-state index < -0.39 is 0 Å². The van der Waals surface area contributed by atoms with Crippen LogP contribution in [-0.4, -0.2) is 10.4 Å². The molecule has 0 fully saturated rings. The molecule has 0 N–H and O–H groups in total. The summed E-state index contributed by atoms with van der Waals surface area (Å²) in [5.41, 5.74) is 1.54. The number of halogens is 1. The summed E-state index contributed by atoms with van der Waals surface area (Å²) in [6.45, 7) is 12.0. The van der Waals surface area contributed by atoms with Gasteiger partial charge >= 0.3 is 0 Å². The second-order valence-electron chi connectivity index (χ2n) is 9.10. The average Bonchev–Trinajstić information content (AvgIpc) is 2.70. The Bertz CT molecular complexity index is 483. The summed E-state index contributed by atoms with van der Waals surface area (Å²) in [5, 5.41) is 0. The van der Waals surface area contributed by atoms with Gasteiger partial charge in [-0.2, -0.15) is 0 Å². The van der Waals surface area contributed by atoms with E-state index >= 15 is 0 Å². The van der Waals surface area contributed by atoms with Crippen LogP contribution in [0.25, 0.3) is 0 Å². The van der Waals surface area contributed by atoms with Gasteiger partial charge in [-0.1, -0.05) is 127 Å². The third-order valence-electron chi connectivity index (χ3n) is 6.09. The molecule has 0 aromatic heterocycles. The number of rotatable bonds is 18. The molecular formula is C27H48ClN. The summed E-state index contributed by atoms with van der Waals surface area (Å²) in [4.78, 5) is 2.41. The van der Waals surface area contributed by atoms with Crippen molar-refractivity contribution in [2.75, 3.05) is 0 Å². The van der Waals surface area contributed by atoms with Crippen molar-refractivity contribution in [3.63, 3.8) is 0 Å². The van der Waals surface area contributed by atoms with Gasteiger partial charge in [-0.3, -0.25) is 0 Å². The Labute approximate surface area is 188 Å². The Morgan fingerprint density at radius 2 is 1.21 bits per heavy atom.